The van der Waals surface area contributed by atoms with Gasteiger partial charge in [-0.2, -0.15) is 0 Å². The Bertz CT molecular complexity index is 1040. The highest BCUT2D eigenvalue weighted by Crippen LogP contribution is 2.36. The van der Waals surface area contributed by atoms with Gasteiger partial charge in [0.15, 0.2) is 0 Å². The quantitative estimate of drug-likeness (QED) is 0.639. The van der Waals surface area contributed by atoms with Crippen molar-refractivity contribution in [2.75, 3.05) is 11.9 Å². The summed E-state index contributed by atoms with van der Waals surface area (Å²) >= 11 is 0. The maximum atomic E-state index is 13.2. The second-order valence-electron chi connectivity index (χ2n) is 7.55. The topological polar surface area (TPSA) is 60.2 Å². The largest absolute Gasteiger partial charge is 0.489 e. The normalized spacial score (nSPS) is 16.2. The van der Waals surface area contributed by atoms with Crippen molar-refractivity contribution in [3.8, 4) is 5.75 Å². The molecule has 1 saturated carbocycles. The number of hydrogen-bond donors (Lipinski definition) is 1. The van der Waals surface area contributed by atoms with E-state index in [9.17, 15) is 4.39 Å². The summed E-state index contributed by atoms with van der Waals surface area (Å²) in [6.07, 6.45) is 6.76. The molecule has 5 nitrogen and oxygen atoms in total. The van der Waals surface area contributed by atoms with Gasteiger partial charge in [0, 0.05) is 18.0 Å². The van der Waals surface area contributed by atoms with Gasteiger partial charge in [0.1, 0.15) is 18.2 Å². The highest BCUT2D eigenvalue weighted by atomic mass is 19.1. The van der Waals surface area contributed by atoms with E-state index in [4.69, 9.17) is 9.15 Å². The number of halogens is 1. The molecule has 0 saturated heterocycles. The van der Waals surface area contributed by atoms with Crippen molar-refractivity contribution in [2.24, 2.45) is 0 Å². The van der Waals surface area contributed by atoms with Crippen molar-refractivity contribution < 1.29 is 13.5 Å². The van der Waals surface area contributed by atoms with Crippen LogP contribution in [0.3, 0.4) is 0 Å². The Kier molecular flexibility index (Phi) is 4.76. The second kappa shape index (κ2) is 7.70. The molecule has 1 aliphatic heterocycles. The van der Waals surface area contributed by atoms with Gasteiger partial charge in [-0.3, -0.25) is 0 Å². The molecule has 0 bridgehead atoms. The minimum atomic E-state index is -0.236. The summed E-state index contributed by atoms with van der Waals surface area (Å²) in [6, 6.07) is 13.1. The number of ether oxygens (including phenoxy) is 1. The van der Waals surface area contributed by atoms with Crippen LogP contribution < -0.4 is 10.1 Å². The van der Waals surface area contributed by atoms with E-state index < -0.39 is 0 Å². The molecule has 0 amide bonds. The minimum absolute atomic E-state index is 0.236. The van der Waals surface area contributed by atoms with E-state index in [1.807, 2.05) is 24.3 Å². The van der Waals surface area contributed by atoms with Gasteiger partial charge in [-0.15, -0.1) is 5.10 Å². The fourth-order valence-corrected chi connectivity index (χ4v) is 4.07. The molecule has 0 atom stereocenters. The molecule has 2 aromatic carbocycles. The maximum Gasteiger partial charge on any atom is 0.315 e. The lowest BCUT2D eigenvalue weighted by molar-refractivity contribution is 0.357. The predicted octanol–water partition coefficient (Wildman–Crippen LogP) is 5.30. The Hall–Kier alpha value is -3.15. The number of benzene rings is 2. The van der Waals surface area contributed by atoms with Crippen LogP contribution >= 0.6 is 0 Å². The molecule has 0 spiro atoms. The molecule has 0 unspecified atom stereocenters. The lowest BCUT2D eigenvalue weighted by atomic mass is 9.94. The van der Waals surface area contributed by atoms with Crippen LogP contribution in [0.25, 0.3) is 5.57 Å². The van der Waals surface area contributed by atoms with Gasteiger partial charge in [-0.25, -0.2) is 4.39 Å². The molecule has 3 aromatic rings. The van der Waals surface area contributed by atoms with Crippen LogP contribution in [0.5, 0.6) is 5.75 Å². The van der Waals surface area contributed by atoms with Crippen molar-refractivity contribution in [1.82, 2.24) is 10.2 Å². The van der Waals surface area contributed by atoms with Crippen molar-refractivity contribution >= 4 is 11.6 Å². The van der Waals surface area contributed by atoms with Crippen LogP contribution in [0.2, 0.25) is 0 Å². The van der Waals surface area contributed by atoms with Crippen LogP contribution in [-0.4, -0.2) is 16.8 Å². The van der Waals surface area contributed by atoms with Crippen LogP contribution in [0.15, 0.2) is 53.0 Å². The molecule has 1 aliphatic carbocycles. The third-order valence-corrected chi connectivity index (χ3v) is 5.61. The molecular formula is C23H22FN3O2. The summed E-state index contributed by atoms with van der Waals surface area (Å²) in [5, 5.41) is 11.5. The van der Waals surface area contributed by atoms with Crippen molar-refractivity contribution in [2.45, 2.75) is 38.1 Å². The summed E-state index contributed by atoms with van der Waals surface area (Å²) in [4.78, 5) is 0. The Morgan fingerprint density at radius 3 is 2.69 bits per heavy atom. The van der Waals surface area contributed by atoms with Gasteiger partial charge in [0.05, 0.1) is 0 Å². The molecule has 1 N–H and O–H groups in total. The van der Waals surface area contributed by atoms with Gasteiger partial charge in [0.25, 0.3) is 0 Å². The summed E-state index contributed by atoms with van der Waals surface area (Å²) in [7, 11) is 0. The van der Waals surface area contributed by atoms with E-state index in [0.29, 0.717) is 25.1 Å². The first-order chi connectivity index (χ1) is 14.3. The standard InChI is InChI=1S/C23H22FN3O2/c24-18-8-6-16(7-9-18)19-11-12-28-21-13-15(5-10-20(19)21)14-25-23-27-26-22(29-23)17-3-1-2-4-17/h5-11,13,17H,1-4,12,14H2,(H,25,27). The molecule has 2 aliphatic rings. The zero-order valence-electron chi connectivity index (χ0n) is 16.0. The molecule has 148 valence electrons. The number of fused-ring (bicyclic) bond motifs is 1. The Labute approximate surface area is 168 Å². The van der Waals surface area contributed by atoms with Gasteiger partial charge >= 0.3 is 6.01 Å². The minimum Gasteiger partial charge on any atom is -0.489 e. The summed E-state index contributed by atoms with van der Waals surface area (Å²) in [5.74, 6) is 1.74. The summed E-state index contributed by atoms with van der Waals surface area (Å²) < 4.78 is 24.9. The monoisotopic (exact) mass is 391 g/mol. The van der Waals surface area contributed by atoms with Crippen molar-refractivity contribution in [3.05, 3.63) is 76.9 Å². The zero-order chi connectivity index (χ0) is 19.6. The van der Waals surface area contributed by atoms with E-state index in [0.717, 1.165) is 46.7 Å². The number of hydrogen-bond acceptors (Lipinski definition) is 5. The van der Waals surface area contributed by atoms with E-state index in [-0.39, 0.29) is 5.82 Å². The molecule has 2 heterocycles. The van der Waals surface area contributed by atoms with Gasteiger partial charge in [-0.1, -0.05) is 42.2 Å². The Morgan fingerprint density at radius 1 is 1.03 bits per heavy atom. The third-order valence-electron chi connectivity index (χ3n) is 5.61. The summed E-state index contributed by atoms with van der Waals surface area (Å²) in [5.41, 5.74) is 4.11. The number of anilines is 1. The first kappa shape index (κ1) is 17.9. The number of rotatable bonds is 5. The fourth-order valence-electron chi connectivity index (χ4n) is 4.07. The fraction of sp³-hybridized carbons (Fsp3) is 0.304. The van der Waals surface area contributed by atoms with E-state index >= 15 is 0 Å². The maximum absolute atomic E-state index is 13.2. The van der Waals surface area contributed by atoms with Gasteiger partial charge < -0.3 is 14.5 Å². The van der Waals surface area contributed by atoms with Crippen LogP contribution in [0.1, 0.15) is 54.2 Å². The average molecular weight is 391 g/mol. The Morgan fingerprint density at radius 2 is 1.86 bits per heavy atom. The highest BCUT2D eigenvalue weighted by molar-refractivity contribution is 5.84. The van der Waals surface area contributed by atoms with Crippen LogP contribution in [0.4, 0.5) is 10.4 Å². The van der Waals surface area contributed by atoms with Crippen molar-refractivity contribution in [1.29, 1.82) is 0 Å². The first-order valence-corrected chi connectivity index (χ1v) is 10.1. The lowest BCUT2D eigenvalue weighted by Gasteiger charge is -2.20. The molecule has 6 heteroatoms. The molecule has 0 radical (unpaired) electrons. The van der Waals surface area contributed by atoms with Crippen LogP contribution in [-0.2, 0) is 6.54 Å². The van der Waals surface area contributed by atoms with E-state index in [2.05, 4.69) is 15.5 Å². The predicted molar refractivity (Wildman–Crippen MR) is 108 cm³/mol. The van der Waals surface area contributed by atoms with Crippen LogP contribution in [0, 0.1) is 5.82 Å². The molecule has 29 heavy (non-hydrogen) atoms. The van der Waals surface area contributed by atoms with Crippen molar-refractivity contribution in [3.63, 3.8) is 0 Å². The number of aromatic nitrogens is 2. The van der Waals surface area contributed by atoms with Gasteiger partial charge in [0.2, 0.25) is 5.89 Å². The average Bonchev–Trinajstić information content (AvgIpc) is 3.44. The number of nitrogens with one attached hydrogen (secondary N) is 1. The first-order valence-electron chi connectivity index (χ1n) is 10.1. The van der Waals surface area contributed by atoms with E-state index in [1.165, 1.54) is 25.0 Å². The lowest BCUT2D eigenvalue weighted by Crippen LogP contribution is -2.07. The Balaban J connectivity index is 1.29. The smallest absolute Gasteiger partial charge is 0.315 e. The molecular weight excluding hydrogens is 369 g/mol. The molecule has 1 aromatic heterocycles. The van der Waals surface area contributed by atoms with Gasteiger partial charge in [-0.05, 0) is 53.8 Å². The SMILES string of the molecule is Fc1ccc(C2=CCOc3cc(CNc4nnc(C5CCCC5)o4)ccc32)cc1. The molecule has 5 rings (SSSR count). The zero-order valence-corrected chi connectivity index (χ0v) is 16.0. The molecule has 1 fully saturated rings. The number of nitrogens with zero attached hydrogens (tertiary/aromatic N) is 2. The third kappa shape index (κ3) is 3.75. The second-order valence-corrected chi connectivity index (χ2v) is 7.55. The highest BCUT2D eigenvalue weighted by Gasteiger charge is 2.22. The summed E-state index contributed by atoms with van der Waals surface area (Å²) in [6.45, 7) is 1.06. The van der Waals surface area contributed by atoms with E-state index in [1.54, 1.807) is 12.1 Å².